The van der Waals surface area contributed by atoms with Gasteiger partial charge in [-0.25, -0.2) is 4.98 Å². The van der Waals surface area contributed by atoms with Crippen LogP contribution in [0.4, 0.5) is 0 Å². The van der Waals surface area contributed by atoms with Gasteiger partial charge >= 0.3 is 0 Å². The van der Waals surface area contributed by atoms with E-state index in [4.69, 9.17) is 27.6 Å². The second-order valence-corrected chi connectivity index (χ2v) is 5.24. The second kappa shape index (κ2) is 4.93. The first-order chi connectivity index (χ1) is 9.54. The van der Waals surface area contributed by atoms with E-state index in [9.17, 15) is 4.79 Å². The summed E-state index contributed by atoms with van der Waals surface area (Å²) in [4.78, 5) is 16.7. The van der Waals surface area contributed by atoms with Crippen LogP contribution in [0.1, 0.15) is 21.8 Å². The van der Waals surface area contributed by atoms with E-state index in [0.29, 0.717) is 26.7 Å². The quantitative estimate of drug-likeness (QED) is 0.646. The first-order valence-electron chi connectivity index (χ1n) is 5.91. The average Bonchev–Trinajstić information content (AvgIpc) is 2.81. The maximum Gasteiger partial charge on any atom is 0.229 e. The molecule has 0 aliphatic heterocycles. The highest BCUT2D eigenvalue weighted by Gasteiger charge is 2.18. The Hall–Kier alpha value is -1.84. The van der Waals surface area contributed by atoms with Crippen molar-refractivity contribution in [2.75, 3.05) is 0 Å². The van der Waals surface area contributed by atoms with Crippen molar-refractivity contribution in [3.8, 4) is 0 Å². The van der Waals surface area contributed by atoms with Gasteiger partial charge < -0.3 is 4.42 Å². The van der Waals surface area contributed by atoms with Gasteiger partial charge in [-0.2, -0.15) is 0 Å². The Kier molecular flexibility index (Phi) is 3.24. The van der Waals surface area contributed by atoms with E-state index < -0.39 is 0 Å². The van der Waals surface area contributed by atoms with E-state index in [2.05, 4.69) is 4.98 Å². The molecule has 0 N–H and O–H groups in total. The Morgan fingerprint density at radius 3 is 2.70 bits per heavy atom. The molecule has 3 nitrogen and oxygen atoms in total. The summed E-state index contributed by atoms with van der Waals surface area (Å²) >= 11 is 11.9. The third-order valence-corrected chi connectivity index (χ3v) is 3.46. The van der Waals surface area contributed by atoms with Crippen molar-refractivity contribution >= 4 is 40.1 Å². The Labute approximate surface area is 125 Å². The SMILES string of the molecule is Cc1ccc2oc(C(=O)c3ccc(Cl)cc3Cl)cc2n1. The molecule has 3 aromatic rings. The summed E-state index contributed by atoms with van der Waals surface area (Å²) in [6, 6.07) is 9.97. The molecule has 20 heavy (non-hydrogen) atoms. The topological polar surface area (TPSA) is 43.1 Å². The van der Waals surface area contributed by atoms with Crippen molar-refractivity contribution < 1.29 is 9.21 Å². The minimum absolute atomic E-state index is 0.210. The van der Waals surface area contributed by atoms with Gasteiger partial charge in [0.25, 0.3) is 0 Å². The lowest BCUT2D eigenvalue weighted by Gasteiger charge is -2.01. The van der Waals surface area contributed by atoms with Crippen LogP contribution in [0.15, 0.2) is 40.8 Å². The highest BCUT2D eigenvalue weighted by Crippen LogP contribution is 2.26. The summed E-state index contributed by atoms with van der Waals surface area (Å²) in [7, 11) is 0. The predicted molar refractivity (Wildman–Crippen MR) is 78.6 cm³/mol. The Balaban J connectivity index is 2.08. The van der Waals surface area contributed by atoms with Crippen LogP contribution in [-0.2, 0) is 0 Å². The Morgan fingerprint density at radius 2 is 1.95 bits per heavy atom. The molecular weight excluding hydrogens is 297 g/mol. The van der Waals surface area contributed by atoms with E-state index in [0.717, 1.165) is 5.69 Å². The number of furan rings is 1. The number of rotatable bonds is 2. The zero-order valence-electron chi connectivity index (χ0n) is 10.5. The van der Waals surface area contributed by atoms with E-state index in [1.807, 2.05) is 13.0 Å². The number of nitrogens with zero attached hydrogens (tertiary/aromatic N) is 1. The van der Waals surface area contributed by atoms with Crippen molar-refractivity contribution in [2.45, 2.75) is 6.92 Å². The number of aromatic nitrogens is 1. The number of aryl methyl sites for hydroxylation is 1. The summed E-state index contributed by atoms with van der Waals surface area (Å²) in [5, 5.41) is 0.778. The number of fused-ring (bicyclic) bond motifs is 1. The van der Waals surface area contributed by atoms with Gasteiger partial charge in [-0.3, -0.25) is 4.79 Å². The van der Waals surface area contributed by atoms with Crippen LogP contribution in [0, 0.1) is 6.92 Å². The number of carbonyl (C=O) groups excluding carboxylic acids is 1. The first kappa shape index (κ1) is 13.2. The third kappa shape index (κ3) is 2.30. The molecule has 0 atom stereocenters. The van der Waals surface area contributed by atoms with Crippen LogP contribution in [0.5, 0.6) is 0 Å². The molecule has 2 aromatic heterocycles. The highest BCUT2D eigenvalue weighted by molar-refractivity contribution is 6.37. The van der Waals surface area contributed by atoms with Crippen LogP contribution >= 0.6 is 23.2 Å². The minimum Gasteiger partial charge on any atom is -0.451 e. The highest BCUT2D eigenvalue weighted by atomic mass is 35.5. The van der Waals surface area contributed by atoms with Gasteiger partial charge in [0.15, 0.2) is 11.3 Å². The molecule has 0 fully saturated rings. The molecule has 0 bridgehead atoms. The molecule has 5 heteroatoms. The Morgan fingerprint density at radius 1 is 1.15 bits per heavy atom. The standard InChI is InChI=1S/C15H9Cl2NO2/c1-8-2-5-13-12(18-8)7-14(20-13)15(19)10-4-3-9(16)6-11(10)17/h2-7H,1H3. The van der Waals surface area contributed by atoms with E-state index in [1.54, 1.807) is 24.3 Å². The monoisotopic (exact) mass is 305 g/mol. The van der Waals surface area contributed by atoms with Crippen LogP contribution < -0.4 is 0 Å². The van der Waals surface area contributed by atoms with Crippen LogP contribution in [-0.4, -0.2) is 10.8 Å². The largest absolute Gasteiger partial charge is 0.451 e. The van der Waals surface area contributed by atoms with E-state index in [1.165, 1.54) is 6.07 Å². The van der Waals surface area contributed by atoms with Crippen molar-refractivity contribution in [1.29, 1.82) is 0 Å². The number of hydrogen-bond acceptors (Lipinski definition) is 3. The normalized spacial score (nSPS) is 10.9. The third-order valence-electron chi connectivity index (χ3n) is 2.91. The molecule has 2 heterocycles. The lowest BCUT2D eigenvalue weighted by Crippen LogP contribution is -2.00. The maximum absolute atomic E-state index is 12.4. The zero-order valence-corrected chi connectivity index (χ0v) is 12.0. The van der Waals surface area contributed by atoms with Gasteiger partial charge in [0.2, 0.25) is 5.78 Å². The van der Waals surface area contributed by atoms with Gasteiger partial charge in [0, 0.05) is 22.3 Å². The molecule has 1 aromatic carbocycles. The first-order valence-corrected chi connectivity index (χ1v) is 6.67. The van der Waals surface area contributed by atoms with Gasteiger partial charge in [-0.15, -0.1) is 0 Å². The summed E-state index contributed by atoms with van der Waals surface area (Å²) < 4.78 is 5.52. The fourth-order valence-electron chi connectivity index (χ4n) is 1.94. The number of carbonyl (C=O) groups is 1. The van der Waals surface area contributed by atoms with E-state index in [-0.39, 0.29) is 11.5 Å². The van der Waals surface area contributed by atoms with Crippen LogP contribution in [0.3, 0.4) is 0 Å². The fourth-order valence-corrected chi connectivity index (χ4v) is 2.44. The maximum atomic E-state index is 12.4. The summed E-state index contributed by atoms with van der Waals surface area (Å²) in [6.07, 6.45) is 0. The van der Waals surface area contributed by atoms with E-state index >= 15 is 0 Å². The lowest BCUT2D eigenvalue weighted by molar-refractivity contribution is 0.101. The molecular formula is C15H9Cl2NO2. The van der Waals surface area contributed by atoms with Crippen molar-refractivity contribution in [3.05, 3.63) is 63.5 Å². The van der Waals surface area contributed by atoms with Crippen molar-refractivity contribution in [1.82, 2.24) is 4.98 Å². The molecule has 3 rings (SSSR count). The molecule has 0 unspecified atom stereocenters. The fraction of sp³-hybridized carbons (Fsp3) is 0.0667. The van der Waals surface area contributed by atoms with Gasteiger partial charge in [-0.1, -0.05) is 23.2 Å². The number of halogens is 2. The molecule has 0 amide bonds. The van der Waals surface area contributed by atoms with Crippen molar-refractivity contribution in [3.63, 3.8) is 0 Å². The Bertz CT molecular complexity index is 824. The minimum atomic E-state index is -0.290. The number of ketones is 1. The average molecular weight is 306 g/mol. The molecule has 0 aliphatic carbocycles. The van der Waals surface area contributed by atoms with Gasteiger partial charge in [-0.05, 0) is 37.3 Å². The predicted octanol–water partition coefficient (Wildman–Crippen LogP) is 4.67. The smallest absolute Gasteiger partial charge is 0.229 e. The molecule has 0 radical (unpaired) electrons. The summed E-state index contributed by atoms with van der Waals surface area (Å²) in [5.74, 6) is -0.0790. The lowest BCUT2D eigenvalue weighted by atomic mass is 10.1. The van der Waals surface area contributed by atoms with Gasteiger partial charge in [0.05, 0.1) is 5.02 Å². The zero-order chi connectivity index (χ0) is 14.3. The van der Waals surface area contributed by atoms with Crippen LogP contribution in [0.2, 0.25) is 10.0 Å². The molecule has 0 spiro atoms. The molecule has 0 saturated heterocycles. The summed E-state index contributed by atoms with van der Waals surface area (Å²) in [6.45, 7) is 1.88. The number of pyridine rings is 1. The van der Waals surface area contributed by atoms with Crippen molar-refractivity contribution in [2.24, 2.45) is 0 Å². The second-order valence-electron chi connectivity index (χ2n) is 4.40. The van der Waals surface area contributed by atoms with Crippen LogP contribution in [0.25, 0.3) is 11.1 Å². The van der Waals surface area contributed by atoms with Gasteiger partial charge in [0.1, 0.15) is 5.52 Å². The molecule has 100 valence electrons. The molecule has 0 aliphatic rings. The summed E-state index contributed by atoms with van der Waals surface area (Å²) in [5.41, 5.74) is 2.44. The number of benzene rings is 1. The number of hydrogen-bond donors (Lipinski definition) is 0. The molecule has 0 saturated carbocycles.